The summed E-state index contributed by atoms with van der Waals surface area (Å²) in [7, 11) is 0. The Morgan fingerprint density at radius 1 is 1.38 bits per heavy atom. The molecule has 2 aromatic rings. The monoisotopic (exact) mass is 332 g/mol. The van der Waals surface area contributed by atoms with Gasteiger partial charge in [-0.25, -0.2) is 4.68 Å². The van der Waals surface area contributed by atoms with Crippen LogP contribution in [-0.2, 0) is 4.79 Å². The summed E-state index contributed by atoms with van der Waals surface area (Å²) in [6.07, 6.45) is 1.58. The molecule has 24 heavy (non-hydrogen) atoms. The third-order valence-corrected chi connectivity index (χ3v) is 3.66. The van der Waals surface area contributed by atoms with Crippen molar-refractivity contribution in [3.05, 3.63) is 46.6 Å². The molecular weight excluding hydrogens is 312 g/mol. The van der Waals surface area contributed by atoms with E-state index in [1.807, 2.05) is 13.8 Å². The number of carbonyl (C=O) groups excluding carboxylic acids is 1. The topological polar surface area (TPSA) is 99.3 Å². The van der Waals surface area contributed by atoms with Crippen molar-refractivity contribution in [2.75, 3.05) is 5.32 Å². The van der Waals surface area contributed by atoms with E-state index in [2.05, 4.69) is 10.4 Å². The molecule has 8 heteroatoms. The van der Waals surface area contributed by atoms with Crippen LogP contribution in [0.3, 0.4) is 0 Å². The van der Waals surface area contributed by atoms with Gasteiger partial charge in [0.1, 0.15) is 5.82 Å². The molecule has 0 bridgehead atoms. The Morgan fingerprint density at radius 3 is 2.75 bits per heavy atom. The van der Waals surface area contributed by atoms with Gasteiger partial charge in [-0.05, 0) is 26.3 Å². The van der Waals surface area contributed by atoms with Crippen LogP contribution in [0, 0.1) is 10.1 Å². The largest absolute Gasteiger partial charge is 0.474 e. The highest BCUT2D eigenvalue weighted by Crippen LogP contribution is 2.27. The van der Waals surface area contributed by atoms with E-state index in [9.17, 15) is 14.9 Å². The van der Waals surface area contributed by atoms with Crippen molar-refractivity contribution in [3.63, 3.8) is 0 Å². The molecule has 2 atom stereocenters. The van der Waals surface area contributed by atoms with Crippen molar-refractivity contribution < 1.29 is 14.5 Å². The van der Waals surface area contributed by atoms with Gasteiger partial charge < -0.3 is 10.1 Å². The van der Waals surface area contributed by atoms with E-state index >= 15 is 0 Å². The van der Waals surface area contributed by atoms with Crippen molar-refractivity contribution in [3.8, 4) is 5.75 Å². The van der Waals surface area contributed by atoms with E-state index in [1.165, 1.54) is 19.1 Å². The fourth-order valence-electron chi connectivity index (χ4n) is 2.12. The van der Waals surface area contributed by atoms with E-state index < -0.39 is 16.9 Å². The van der Waals surface area contributed by atoms with Crippen molar-refractivity contribution in [1.82, 2.24) is 9.78 Å². The summed E-state index contributed by atoms with van der Waals surface area (Å²) >= 11 is 0. The van der Waals surface area contributed by atoms with Gasteiger partial charge >= 0.3 is 5.69 Å². The maximum absolute atomic E-state index is 12.3. The van der Waals surface area contributed by atoms with E-state index in [-0.39, 0.29) is 17.5 Å². The molecule has 0 unspecified atom stereocenters. The zero-order chi connectivity index (χ0) is 17.7. The molecule has 0 fully saturated rings. The van der Waals surface area contributed by atoms with Gasteiger partial charge in [0.25, 0.3) is 5.91 Å². The molecular formula is C16H20N4O4. The molecule has 0 aliphatic carbocycles. The van der Waals surface area contributed by atoms with Crippen LogP contribution < -0.4 is 10.1 Å². The first-order valence-corrected chi connectivity index (χ1v) is 7.68. The molecule has 2 rings (SSSR count). The Bertz CT molecular complexity index is 728. The number of nitrogens with one attached hydrogen (secondary N) is 1. The number of hydrogen-bond donors (Lipinski definition) is 1. The number of ether oxygens (including phenoxy) is 1. The van der Waals surface area contributed by atoms with Crippen LogP contribution in [0.25, 0.3) is 0 Å². The lowest BCUT2D eigenvalue weighted by atomic mass is 10.2. The van der Waals surface area contributed by atoms with Gasteiger partial charge in [-0.2, -0.15) is 5.10 Å². The van der Waals surface area contributed by atoms with E-state index in [4.69, 9.17) is 4.74 Å². The van der Waals surface area contributed by atoms with Crippen LogP contribution in [0.2, 0.25) is 0 Å². The van der Waals surface area contributed by atoms with Gasteiger partial charge in [-0.3, -0.25) is 14.9 Å². The van der Waals surface area contributed by atoms with Crippen LogP contribution in [-0.4, -0.2) is 26.7 Å². The molecule has 0 saturated carbocycles. The first-order chi connectivity index (χ1) is 11.4. The molecule has 1 amide bonds. The Balaban J connectivity index is 2.09. The fourth-order valence-corrected chi connectivity index (χ4v) is 2.12. The van der Waals surface area contributed by atoms with E-state index in [1.54, 1.807) is 29.1 Å². The first-order valence-electron chi connectivity index (χ1n) is 7.68. The Kier molecular flexibility index (Phi) is 5.51. The molecule has 0 radical (unpaired) electrons. The molecule has 0 aliphatic rings. The standard InChI is InChI=1S/C16H20N4O4/c1-4-11(2)19-15(9-10-17-19)18-16(21)12(3)24-14-8-6-5-7-13(14)20(22)23/h5-12H,4H2,1-3H3,(H,18,21)/t11-,12+/m1/s1. The SMILES string of the molecule is CC[C@@H](C)n1nccc1NC(=O)[C@H](C)Oc1ccccc1[N+](=O)[O-]. The summed E-state index contributed by atoms with van der Waals surface area (Å²) in [5.41, 5.74) is -0.179. The molecule has 0 aliphatic heterocycles. The molecule has 1 heterocycles. The second-order valence-corrected chi connectivity index (χ2v) is 5.39. The summed E-state index contributed by atoms with van der Waals surface area (Å²) in [4.78, 5) is 22.8. The van der Waals surface area contributed by atoms with Gasteiger partial charge in [0.2, 0.25) is 0 Å². The van der Waals surface area contributed by atoms with Gasteiger partial charge in [0.05, 0.1) is 17.2 Å². The fraction of sp³-hybridized carbons (Fsp3) is 0.375. The number of hydrogen-bond acceptors (Lipinski definition) is 5. The van der Waals surface area contributed by atoms with Gasteiger partial charge in [0, 0.05) is 12.1 Å². The lowest BCUT2D eigenvalue weighted by molar-refractivity contribution is -0.386. The highest BCUT2D eigenvalue weighted by Gasteiger charge is 2.22. The number of anilines is 1. The average molecular weight is 332 g/mol. The minimum Gasteiger partial charge on any atom is -0.474 e. The second-order valence-electron chi connectivity index (χ2n) is 5.39. The van der Waals surface area contributed by atoms with Gasteiger partial charge in [0.15, 0.2) is 11.9 Å². The maximum Gasteiger partial charge on any atom is 0.310 e. The number of nitrogens with zero attached hydrogens (tertiary/aromatic N) is 3. The van der Waals surface area contributed by atoms with Crippen molar-refractivity contribution >= 4 is 17.4 Å². The van der Waals surface area contributed by atoms with Crippen molar-refractivity contribution in [2.45, 2.75) is 39.3 Å². The van der Waals surface area contributed by atoms with Crippen LogP contribution in [0.4, 0.5) is 11.5 Å². The maximum atomic E-state index is 12.3. The number of rotatable bonds is 7. The third kappa shape index (κ3) is 3.89. The lowest BCUT2D eigenvalue weighted by Gasteiger charge is -2.17. The summed E-state index contributed by atoms with van der Waals surface area (Å²) in [6.45, 7) is 5.56. The van der Waals surface area contributed by atoms with E-state index in [0.29, 0.717) is 5.82 Å². The summed E-state index contributed by atoms with van der Waals surface area (Å²) in [5, 5.41) is 17.9. The van der Waals surface area contributed by atoms with Crippen LogP contribution >= 0.6 is 0 Å². The molecule has 1 aromatic heterocycles. The summed E-state index contributed by atoms with van der Waals surface area (Å²) in [6, 6.07) is 7.79. The molecule has 0 spiro atoms. The predicted octanol–water partition coefficient (Wildman–Crippen LogP) is 3.17. The summed E-state index contributed by atoms with van der Waals surface area (Å²) in [5.74, 6) is 0.214. The lowest BCUT2D eigenvalue weighted by Crippen LogP contribution is -2.31. The van der Waals surface area contributed by atoms with Gasteiger partial charge in [-0.15, -0.1) is 0 Å². The number of nitro groups is 1. The molecule has 1 N–H and O–H groups in total. The number of aromatic nitrogens is 2. The number of amides is 1. The number of benzene rings is 1. The van der Waals surface area contributed by atoms with Crippen molar-refractivity contribution in [2.24, 2.45) is 0 Å². The second kappa shape index (κ2) is 7.58. The summed E-state index contributed by atoms with van der Waals surface area (Å²) < 4.78 is 7.18. The molecule has 1 aromatic carbocycles. The van der Waals surface area contributed by atoms with Crippen LogP contribution in [0.15, 0.2) is 36.5 Å². The predicted molar refractivity (Wildman–Crippen MR) is 89.0 cm³/mol. The molecule has 0 saturated heterocycles. The molecule has 8 nitrogen and oxygen atoms in total. The number of carbonyl (C=O) groups is 1. The zero-order valence-corrected chi connectivity index (χ0v) is 13.8. The van der Waals surface area contributed by atoms with Crippen molar-refractivity contribution in [1.29, 1.82) is 0 Å². The third-order valence-electron chi connectivity index (χ3n) is 3.66. The van der Waals surface area contributed by atoms with E-state index in [0.717, 1.165) is 6.42 Å². The molecule has 128 valence electrons. The zero-order valence-electron chi connectivity index (χ0n) is 13.8. The highest BCUT2D eigenvalue weighted by molar-refractivity contribution is 5.93. The number of para-hydroxylation sites is 2. The quantitative estimate of drug-likeness (QED) is 0.620. The highest BCUT2D eigenvalue weighted by atomic mass is 16.6. The van der Waals surface area contributed by atoms with Gasteiger partial charge in [-0.1, -0.05) is 19.1 Å². The Morgan fingerprint density at radius 2 is 2.08 bits per heavy atom. The minimum absolute atomic E-state index is 0.0561. The Labute approximate surface area is 139 Å². The van der Waals surface area contributed by atoms with Crippen LogP contribution in [0.1, 0.15) is 33.2 Å². The Hall–Kier alpha value is -2.90. The number of nitro benzene ring substituents is 1. The minimum atomic E-state index is -0.897. The average Bonchev–Trinajstić information content (AvgIpc) is 3.02. The smallest absolute Gasteiger partial charge is 0.310 e. The normalized spacial score (nSPS) is 13.1. The first kappa shape index (κ1) is 17.5. The van der Waals surface area contributed by atoms with Crippen LogP contribution in [0.5, 0.6) is 5.75 Å².